The van der Waals surface area contributed by atoms with E-state index in [1.54, 1.807) is 12.1 Å². The summed E-state index contributed by atoms with van der Waals surface area (Å²) >= 11 is 0. The minimum Gasteiger partial charge on any atom is -0.451 e. The number of para-hydroxylation sites is 1. The number of hydrogen-bond acceptors (Lipinski definition) is 2. The molecule has 0 aromatic heterocycles. The molecule has 1 aromatic carbocycles. The Morgan fingerprint density at radius 1 is 1.58 bits per heavy atom. The third kappa shape index (κ3) is 1.16. The monoisotopic (exact) mass is 161 g/mol. The summed E-state index contributed by atoms with van der Waals surface area (Å²) in [6.07, 6.45) is 2.26. The van der Waals surface area contributed by atoms with Crippen molar-refractivity contribution >= 4 is 0 Å². The maximum absolute atomic E-state index is 5.42. The van der Waals surface area contributed by atoms with E-state index >= 15 is 0 Å². The third-order valence-corrected chi connectivity index (χ3v) is 1.65. The Hall–Kier alpha value is -1.44. The van der Waals surface area contributed by atoms with Crippen molar-refractivity contribution in [1.82, 2.24) is 0 Å². The molecule has 61 valence electrons. The molecular formula is C10H9O2. The van der Waals surface area contributed by atoms with E-state index in [2.05, 4.69) is 12.6 Å². The number of benzene rings is 1. The molecule has 0 aliphatic carbocycles. The molecule has 1 aliphatic heterocycles. The standard InChI is InChI=1S/C10H9O2/c1-2-5-10-11-8-6-3-4-7-9(8)12-10/h2-4,6,10H,1,5H2. The lowest BCUT2D eigenvalue weighted by atomic mass is 10.3. The van der Waals surface area contributed by atoms with Gasteiger partial charge in [-0.2, -0.15) is 0 Å². The topological polar surface area (TPSA) is 18.5 Å². The van der Waals surface area contributed by atoms with Crippen LogP contribution in [0.4, 0.5) is 0 Å². The van der Waals surface area contributed by atoms with E-state index in [9.17, 15) is 0 Å². The molecule has 1 unspecified atom stereocenters. The summed E-state index contributed by atoms with van der Waals surface area (Å²) in [6.45, 7) is 3.62. The van der Waals surface area contributed by atoms with E-state index in [4.69, 9.17) is 9.47 Å². The van der Waals surface area contributed by atoms with Crippen LogP contribution in [0.25, 0.3) is 0 Å². The van der Waals surface area contributed by atoms with Crippen molar-refractivity contribution in [3.8, 4) is 11.5 Å². The van der Waals surface area contributed by atoms with Gasteiger partial charge in [-0.1, -0.05) is 18.2 Å². The normalized spacial score (nSPS) is 14.7. The van der Waals surface area contributed by atoms with Gasteiger partial charge < -0.3 is 9.47 Å². The highest BCUT2D eigenvalue weighted by Crippen LogP contribution is 2.34. The number of ether oxygens (including phenoxy) is 2. The summed E-state index contributed by atoms with van der Waals surface area (Å²) in [5.41, 5.74) is 0. The molecule has 2 rings (SSSR count). The fourth-order valence-corrected chi connectivity index (χ4v) is 1.12. The maximum Gasteiger partial charge on any atom is 0.244 e. The fourth-order valence-electron chi connectivity index (χ4n) is 1.12. The highest BCUT2D eigenvalue weighted by Gasteiger charge is 2.21. The Kier molecular flexibility index (Phi) is 1.74. The molecule has 0 amide bonds. The predicted molar refractivity (Wildman–Crippen MR) is 45.1 cm³/mol. The number of rotatable bonds is 2. The van der Waals surface area contributed by atoms with E-state index in [1.165, 1.54) is 0 Å². The van der Waals surface area contributed by atoms with Gasteiger partial charge in [0, 0.05) is 12.5 Å². The van der Waals surface area contributed by atoms with Gasteiger partial charge in [-0.05, 0) is 6.07 Å². The summed E-state index contributed by atoms with van der Waals surface area (Å²) in [5, 5.41) is 0. The summed E-state index contributed by atoms with van der Waals surface area (Å²) < 4.78 is 10.8. The maximum atomic E-state index is 5.42. The molecule has 0 fully saturated rings. The molecule has 0 spiro atoms. The van der Waals surface area contributed by atoms with Gasteiger partial charge in [0.05, 0.1) is 0 Å². The smallest absolute Gasteiger partial charge is 0.244 e. The average molecular weight is 161 g/mol. The zero-order valence-electron chi connectivity index (χ0n) is 6.62. The molecule has 0 saturated carbocycles. The first-order valence-electron chi connectivity index (χ1n) is 3.85. The van der Waals surface area contributed by atoms with Gasteiger partial charge in [-0.3, -0.25) is 0 Å². The van der Waals surface area contributed by atoms with Crippen LogP contribution >= 0.6 is 0 Å². The number of hydrogen-bond donors (Lipinski definition) is 0. The minimum absolute atomic E-state index is 0.212. The van der Waals surface area contributed by atoms with Gasteiger partial charge in [0.2, 0.25) is 6.29 Å². The molecule has 2 nitrogen and oxygen atoms in total. The van der Waals surface area contributed by atoms with E-state index < -0.39 is 0 Å². The first-order chi connectivity index (χ1) is 5.90. The molecule has 12 heavy (non-hydrogen) atoms. The van der Waals surface area contributed by atoms with Crippen molar-refractivity contribution in [2.75, 3.05) is 0 Å². The average Bonchev–Trinajstić information content (AvgIpc) is 2.47. The van der Waals surface area contributed by atoms with Crippen LogP contribution in [0.3, 0.4) is 0 Å². The fraction of sp³-hybridized carbons (Fsp3) is 0.200. The Balaban J connectivity index is 2.16. The largest absolute Gasteiger partial charge is 0.451 e. The second kappa shape index (κ2) is 2.89. The quantitative estimate of drug-likeness (QED) is 0.619. The lowest BCUT2D eigenvalue weighted by molar-refractivity contribution is 0.0527. The van der Waals surface area contributed by atoms with E-state index in [0.717, 1.165) is 5.75 Å². The van der Waals surface area contributed by atoms with Crippen LogP contribution in [0, 0.1) is 6.07 Å². The summed E-state index contributed by atoms with van der Waals surface area (Å²) in [5.74, 6) is 1.47. The second-order valence-electron chi connectivity index (χ2n) is 2.55. The van der Waals surface area contributed by atoms with Gasteiger partial charge in [-0.15, -0.1) is 6.58 Å². The number of fused-ring (bicyclic) bond motifs is 1. The predicted octanol–water partition coefficient (Wildman–Crippen LogP) is 2.16. The van der Waals surface area contributed by atoms with Crippen LogP contribution in [0.1, 0.15) is 6.42 Å². The van der Waals surface area contributed by atoms with Crippen LogP contribution in [0.5, 0.6) is 11.5 Å². The van der Waals surface area contributed by atoms with E-state index in [-0.39, 0.29) is 6.29 Å². The molecule has 0 bridgehead atoms. The van der Waals surface area contributed by atoms with Crippen LogP contribution in [-0.4, -0.2) is 6.29 Å². The minimum atomic E-state index is -0.212. The lowest BCUT2D eigenvalue weighted by Gasteiger charge is -2.05. The molecule has 0 N–H and O–H groups in total. The lowest BCUT2D eigenvalue weighted by Crippen LogP contribution is -2.16. The van der Waals surface area contributed by atoms with Crippen molar-refractivity contribution < 1.29 is 9.47 Å². The van der Waals surface area contributed by atoms with Crippen molar-refractivity contribution in [1.29, 1.82) is 0 Å². The van der Waals surface area contributed by atoms with E-state index in [0.29, 0.717) is 12.2 Å². The van der Waals surface area contributed by atoms with E-state index in [1.807, 2.05) is 12.1 Å². The highest BCUT2D eigenvalue weighted by molar-refractivity contribution is 5.40. The molecule has 0 saturated heterocycles. The molecule has 1 heterocycles. The molecule has 2 heteroatoms. The Morgan fingerprint density at radius 2 is 2.50 bits per heavy atom. The Morgan fingerprint density at radius 3 is 3.25 bits per heavy atom. The first-order valence-corrected chi connectivity index (χ1v) is 3.85. The van der Waals surface area contributed by atoms with Gasteiger partial charge in [-0.25, -0.2) is 0 Å². The highest BCUT2D eigenvalue weighted by atomic mass is 16.7. The van der Waals surface area contributed by atoms with Crippen molar-refractivity contribution in [2.24, 2.45) is 0 Å². The van der Waals surface area contributed by atoms with Crippen LogP contribution in [0.15, 0.2) is 30.9 Å². The zero-order chi connectivity index (χ0) is 8.39. The third-order valence-electron chi connectivity index (χ3n) is 1.65. The first kappa shape index (κ1) is 7.22. The Bertz CT molecular complexity index is 269. The molecule has 1 aliphatic rings. The molecule has 1 atom stereocenters. The summed E-state index contributed by atoms with van der Waals surface area (Å²) in [7, 11) is 0. The van der Waals surface area contributed by atoms with Crippen molar-refractivity contribution in [2.45, 2.75) is 12.7 Å². The van der Waals surface area contributed by atoms with Crippen molar-refractivity contribution in [3.63, 3.8) is 0 Å². The van der Waals surface area contributed by atoms with Crippen LogP contribution < -0.4 is 9.47 Å². The molecule has 1 radical (unpaired) electrons. The van der Waals surface area contributed by atoms with Gasteiger partial charge in [0.1, 0.15) is 0 Å². The summed E-state index contributed by atoms with van der Waals surface area (Å²) in [6, 6.07) is 8.50. The van der Waals surface area contributed by atoms with Gasteiger partial charge in [0.15, 0.2) is 11.5 Å². The summed E-state index contributed by atoms with van der Waals surface area (Å²) in [4.78, 5) is 0. The zero-order valence-corrected chi connectivity index (χ0v) is 6.62. The van der Waals surface area contributed by atoms with Crippen LogP contribution in [0.2, 0.25) is 0 Å². The van der Waals surface area contributed by atoms with Gasteiger partial charge >= 0.3 is 0 Å². The molecule has 1 aromatic rings. The Labute approximate surface area is 71.4 Å². The molecular weight excluding hydrogens is 152 g/mol. The van der Waals surface area contributed by atoms with Crippen molar-refractivity contribution in [3.05, 3.63) is 36.9 Å². The van der Waals surface area contributed by atoms with Crippen LogP contribution in [-0.2, 0) is 0 Å². The van der Waals surface area contributed by atoms with Gasteiger partial charge in [0.25, 0.3) is 0 Å². The second-order valence-corrected chi connectivity index (χ2v) is 2.55. The SMILES string of the molecule is C=CCC1Oc2[c]cccc2O1.